The van der Waals surface area contributed by atoms with Gasteiger partial charge >= 0.3 is 0 Å². The topological polar surface area (TPSA) is 73.5 Å². The number of carbonyl (C=O) groups excluding carboxylic acids is 2. The summed E-state index contributed by atoms with van der Waals surface area (Å²) in [5.74, 6) is 0.479. The minimum absolute atomic E-state index is 0.0720. The Kier molecular flexibility index (Phi) is 7.45. The normalized spacial score (nSPS) is 23.6. The largest absolute Gasteiger partial charge is 0.351 e. The molecule has 0 spiro atoms. The molecule has 2 bridgehead atoms. The van der Waals surface area contributed by atoms with Crippen molar-refractivity contribution in [3.63, 3.8) is 0 Å². The van der Waals surface area contributed by atoms with Crippen LogP contribution in [-0.2, 0) is 4.79 Å². The molecule has 2 fully saturated rings. The van der Waals surface area contributed by atoms with Crippen molar-refractivity contribution in [2.75, 3.05) is 31.5 Å². The number of hydrogen-bond donors (Lipinski definition) is 3. The zero-order valence-electron chi connectivity index (χ0n) is 17.2. The SMILES string of the molecule is CCN(CC)CCNC(=O)c1ccc(NC(=O)CC2CC3CCC(C2)N3)cc1. The summed E-state index contributed by atoms with van der Waals surface area (Å²) in [6, 6.07) is 8.37. The van der Waals surface area contributed by atoms with Gasteiger partial charge < -0.3 is 20.9 Å². The fourth-order valence-electron chi connectivity index (χ4n) is 4.49. The van der Waals surface area contributed by atoms with Crippen LogP contribution in [0, 0.1) is 5.92 Å². The van der Waals surface area contributed by atoms with Crippen LogP contribution in [-0.4, -0.2) is 55.0 Å². The van der Waals surface area contributed by atoms with E-state index in [1.807, 2.05) is 12.1 Å². The van der Waals surface area contributed by atoms with Crippen molar-refractivity contribution in [2.24, 2.45) is 5.92 Å². The third kappa shape index (κ3) is 5.79. The van der Waals surface area contributed by atoms with Crippen LogP contribution < -0.4 is 16.0 Å². The van der Waals surface area contributed by atoms with Crippen molar-refractivity contribution >= 4 is 17.5 Å². The maximum atomic E-state index is 12.4. The van der Waals surface area contributed by atoms with E-state index in [4.69, 9.17) is 0 Å². The van der Waals surface area contributed by atoms with Crippen molar-refractivity contribution in [1.82, 2.24) is 15.5 Å². The molecule has 2 saturated heterocycles. The highest BCUT2D eigenvalue weighted by atomic mass is 16.2. The van der Waals surface area contributed by atoms with E-state index in [1.54, 1.807) is 12.1 Å². The lowest BCUT2D eigenvalue weighted by molar-refractivity contribution is -0.117. The lowest BCUT2D eigenvalue weighted by Gasteiger charge is -2.28. The zero-order valence-corrected chi connectivity index (χ0v) is 17.2. The first-order valence-electron chi connectivity index (χ1n) is 10.7. The van der Waals surface area contributed by atoms with Crippen molar-refractivity contribution < 1.29 is 9.59 Å². The Balaban J connectivity index is 1.42. The Morgan fingerprint density at radius 1 is 1.07 bits per heavy atom. The molecule has 1 aromatic carbocycles. The number of rotatable bonds is 9. The summed E-state index contributed by atoms with van der Waals surface area (Å²) in [6.45, 7) is 7.70. The van der Waals surface area contributed by atoms with E-state index in [0.717, 1.165) is 38.2 Å². The Bertz CT molecular complexity index is 645. The smallest absolute Gasteiger partial charge is 0.251 e. The number of nitrogens with one attached hydrogen (secondary N) is 3. The first-order chi connectivity index (χ1) is 13.6. The van der Waals surface area contributed by atoms with Gasteiger partial charge in [0.1, 0.15) is 0 Å². The van der Waals surface area contributed by atoms with Gasteiger partial charge in [0, 0.05) is 42.8 Å². The van der Waals surface area contributed by atoms with E-state index in [9.17, 15) is 9.59 Å². The zero-order chi connectivity index (χ0) is 19.9. The predicted molar refractivity (Wildman–Crippen MR) is 112 cm³/mol. The lowest BCUT2D eigenvalue weighted by Crippen LogP contribution is -2.39. The van der Waals surface area contributed by atoms with Crippen LogP contribution in [0.4, 0.5) is 5.69 Å². The molecule has 2 heterocycles. The molecule has 0 radical (unpaired) electrons. The van der Waals surface area contributed by atoms with E-state index in [0.29, 0.717) is 36.5 Å². The molecule has 3 N–H and O–H groups in total. The molecular weight excluding hydrogens is 352 g/mol. The standard InChI is InChI=1S/C22H34N4O2/c1-3-26(4-2)12-11-23-22(28)17-5-7-18(8-6-17)25-21(27)15-16-13-19-9-10-20(14-16)24-19/h5-8,16,19-20,24H,3-4,9-15H2,1-2H3,(H,23,28)(H,25,27). The monoisotopic (exact) mass is 386 g/mol. The van der Waals surface area contributed by atoms with Crippen LogP contribution >= 0.6 is 0 Å². The second-order valence-electron chi connectivity index (χ2n) is 8.09. The van der Waals surface area contributed by atoms with E-state index < -0.39 is 0 Å². The number of nitrogens with zero attached hydrogens (tertiary/aromatic N) is 1. The molecule has 2 atom stereocenters. The maximum Gasteiger partial charge on any atom is 0.251 e. The highest BCUT2D eigenvalue weighted by Gasteiger charge is 2.34. The number of carbonyl (C=O) groups is 2. The van der Waals surface area contributed by atoms with Gasteiger partial charge in [-0.15, -0.1) is 0 Å². The van der Waals surface area contributed by atoms with E-state index in [1.165, 1.54) is 12.8 Å². The fraction of sp³-hybridized carbons (Fsp3) is 0.636. The number of benzene rings is 1. The Labute approximate surface area is 168 Å². The minimum Gasteiger partial charge on any atom is -0.351 e. The maximum absolute atomic E-state index is 12.4. The molecule has 6 nitrogen and oxygen atoms in total. The average Bonchev–Trinajstić information content (AvgIpc) is 3.03. The van der Waals surface area contributed by atoms with Crippen LogP contribution in [0.25, 0.3) is 0 Å². The summed E-state index contributed by atoms with van der Waals surface area (Å²) < 4.78 is 0. The highest BCUT2D eigenvalue weighted by Crippen LogP contribution is 2.32. The molecule has 0 aliphatic carbocycles. The van der Waals surface area contributed by atoms with Crippen molar-refractivity contribution in [3.8, 4) is 0 Å². The number of anilines is 1. The first kappa shape index (κ1) is 20.8. The summed E-state index contributed by atoms with van der Waals surface area (Å²) in [5, 5.41) is 9.55. The van der Waals surface area contributed by atoms with Crippen LogP contribution in [0.2, 0.25) is 0 Å². The summed E-state index contributed by atoms with van der Waals surface area (Å²) in [7, 11) is 0. The van der Waals surface area contributed by atoms with Gasteiger partial charge in [0.15, 0.2) is 0 Å². The number of fused-ring (bicyclic) bond motifs is 2. The Morgan fingerprint density at radius 2 is 1.71 bits per heavy atom. The van der Waals surface area contributed by atoms with Crippen LogP contribution in [0.15, 0.2) is 24.3 Å². The number of amides is 2. The molecule has 0 saturated carbocycles. The van der Waals surface area contributed by atoms with Gasteiger partial charge in [-0.2, -0.15) is 0 Å². The second kappa shape index (κ2) is 10.0. The first-order valence-corrected chi connectivity index (χ1v) is 10.7. The van der Waals surface area contributed by atoms with Gasteiger partial charge in [-0.05, 0) is 69.0 Å². The summed E-state index contributed by atoms with van der Waals surface area (Å²) in [6.07, 6.45) is 5.30. The molecule has 6 heteroatoms. The van der Waals surface area contributed by atoms with Crippen LogP contribution in [0.5, 0.6) is 0 Å². The number of likely N-dealkylation sites (N-methyl/N-ethyl adjacent to an activating group) is 1. The summed E-state index contributed by atoms with van der Waals surface area (Å²) in [4.78, 5) is 26.9. The molecule has 2 aliphatic heterocycles. The number of piperidine rings is 1. The van der Waals surface area contributed by atoms with Crippen molar-refractivity contribution in [1.29, 1.82) is 0 Å². The average molecular weight is 387 g/mol. The van der Waals surface area contributed by atoms with Gasteiger partial charge in [-0.1, -0.05) is 13.8 Å². The molecule has 1 aromatic rings. The third-order valence-corrected chi connectivity index (χ3v) is 6.08. The van der Waals surface area contributed by atoms with Gasteiger partial charge in [0.2, 0.25) is 5.91 Å². The summed E-state index contributed by atoms with van der Waals surface area (Å²) >= 11 is 0. The molecular formula is C22H34N4O2. The molecule has 3 rings (SSSR count). The highest BCUT2D eigenvalue weighted by molar-refractivity contribution is 5.95. The van der Waals surface area contributed by atoms with Gasteiger partial charge in [-0.3, -0.25) is 9.59 Å². The van der Waals surface area contributed by atoms with E-state index in [2.05, 4.69) is 34.7 Å². The molecule has 154 valence electrons. The molecule has 28 heavy (non-hydrogen) atoms. The van der Waals surface area contributed by atoms with E-state index >= 15 is 0 Å². The Morgan fingerprint density at radius 3 is 2.32 bits per heavy atom. The quantitative estimate of drug-likeness (QED) is 0.610. The Hall–Kier alpha value is -1.92. The van der Waals surface area contributed by atoms with Gasteiger partial charge in [0.25, 0.3) is 5.91 Å². The second-order valence-corrected chi connectivity index (χ2v) is 8.09. The predicted octanol–water partition coefficient (Wildman–Crippen LogP) is 2.62. The van der Waals surface area contributed by atoms with E-state index in [-0.39, 0.29) is 11.8 Å². The van der Waals surface area contributed by atoms with Gasteiger partial charge in [0.05, 0.1) is 0 Å². The molecule has 0 aromatic heterocycles. The molecule has 2 unspecified atom stereocenters. The molecule has 2 aliphatic rings. The van der Waals surface area contributed by atoms with Gasteiger partial charge in [-0.25, -0.2) is 0 Å². The van der Waals surface area contributed by atoms with Crippen molar-refractivity contribution in [2.45, 2.75) is 58.0 Å². The number of hydrogen-bond acceptors (Lipinski definition) is 4. The summed E-state index contributed by atoms with van der Waals surface area (Å²) in [5.41, 5.74) is 1.37. The van der Waals surface area contributed by atoms with Crippen LogP contribution in [0.1, 0.15) is 56.3 Å². The van der Waals surface area contributed by atoms with Crippen molar-refractivity contribution in [3.05, 3.63) is 29.8 Å². The minimum atomic E-state index is -0.0739. The van der Waals surface area contributed by atoms with Crippen LogP contribution in [0.3, 0.4) is 0 Å². The fourth-order valence-corrected chi connectivity index (χ4v) is 4.49. The third-order valence-electron chi connectivity index (χ3n) is 6.08. The molecule has 2 amide bonds. The lowest BCUT2D eigenvalue weighted by atomic mass is 9.89.